The molecule has 0 aliphatic heterocycles. The minimum atomic E-state index is -0.435. The molecule has 0 unspecified atom stereocenters. The molecule has 0 saturated carbocycles. The number of rotatable bonds is 2. The van der Waals surface area contributed by atoms with E-state index >= 15 is 0 Å². The van der Waals surface area contributed by atoms with Crippen LogP contribution in [0.15, 0.2) is 36.5 Å². The molecule has 16 heavy (non-hydrogen) atoms. The number of hydrogen-bond donors (Lipinski definition) is 1. The fourth-order valence-electron chi connectivity index (χ4n) is 1.28. The van der Waals surface area contributed by atoms with Gasteiger partial charge in [-0.15, -0.1) is 0 Å². The first-order chi connectivity index (χ1) is 7.66. The van der Waals surface area contributed by atoms with Gasteiger partial charge in [0, 0.05) is 6.20 Å². The molecule has 4 heteroatoms. The van der Waals surface area contributed by atoms with E-state index in [1.54, 1.807) is 30.5 Å². The molecule has 82 valence electrons. The average molecular weight is 218 g/mol. The van der Waals surface area contributed by atoms with Crippen molar-refractivity contribution in [3.63, 3.8) is 0 Å². The highest BCUT2D eigenvalue weighted by Crippen LogP contribution is 2.27. The van der Waals surface area contributed by atoms with Crippen molar-refractivity contribution >= 4 is 5.69 Å². The van der Waals surface area contributed by atoms with E-state index in [9.17, 15) is 4.39 Å². The Kier molecular flexibility index (Phi) is 2.72. The number of anilines is 1. The molecule has 0 amide bonds. The molecule has 2 aromatic rings. The second-order valence-electron chi connectivity index (χ2n) is 3.43. The standard InChI is InChI=1S/C12H11FN2O/c1-8-4-5-9(13)11(7-8)16-12-10(14)3-2-6-15-12/h2-7H,14H2,1H3. The van der Waals surface area contributed by atoms with Gasteiger partial charge in [0.1, 0.15) is 0 Å². The smallest absolute Gasteiger partial charge is 0.242 e. The predicted molar refractivity (Wildman–Crippen MR) is 59.9 cm³/mol. The van der Waals surface area contributed by atoms with Crippen molar-refractivity contribution in [1.29, 1.82) is 0 Å². The number of ether oxygens (including phenoxy) is 1. The van der Waals surface area contributed by atoms with Gasteiger partial charge >= 0.3 is 0 Å². The van der Waals surface area contributed by atoms with Crippen molar-refractivity contribution in [1.82, 2.24) is 4.98 Å². The van der Waals surface area contributed by atoms with Crippen LogP contribution in [0.4, 0.5) is 10.1 Å². The summed E-state index contributed by atoms with van der Waals surface area (Å²) in [6.07, 6.45) is 1.54. The zero-order valence-electron chi connectivity index (χ0n) is 8.77. The molecule has 0 fully saturated rings. The first-order valence-electron chi connectivity index (χ1n) is 4.81. The highest BCUT2D eigenvalue weighted by Gasteiger charge is 2.07. The van der Waals surface area contributed by atoms with Crippen molar-refractivity contribution < 1.29 is 9.13 Å². The average Bonchev–Trinajstić information content (AvgIpc) is 2.27. The summed E-state index contributed by atoms with van der Waals surface area (Å²) in [7, 11) is 0. The van der Waals surface area contributed by atoms with Gasteiger partial charge in [-0.05, 0) is 36.8 Å². The quantitative estimate of drug-likeness (QED) is 0.843. The maximum absolute atomic E-state index is 13.4. The Bertz CT molecular complexity index is 514. The van der Waals surface area contributed by atoms with E-state index in [0.717, 1.165) is 5.56 Å². The third-order valence-electron chi connectivity index (χ3n) is 2.09. The van der Waals surface area contributed by atoms with Crippen LogP contribution < -0.4 is 10.5 Å². The Hall–Kier alpha value is -2.10. The van der Waals surface area contributed by atoms with E-state index in [2.05, 4.69) is 4.98 Å². The van der Waals surface area contributed by atoms with Crippen molar-refractivity contribution in [2.75, 3.05) is 5.73 Å². The molecular weight excluding hydrogens is 207 g/mol. The lowest BCUT2D eigenvalue weighted by Gasteiger charge is -2.08. The van der Waals surface area contributed by atoms with E-state index < -0.39 is 5.82 Å². The molecule has 2 N–H and O–H groups in total. The second-order valence-corrected chi connectivity index (χ2v) is 3.43. The molecule has 3 nitrogen and oxygen atoms in total. The zero-order chi connectivity index (χ0) is 11.5. The summed E-state index contributed by atoms with van der Waals surface area (Å²) in [4.78, 5) is 3.93. The monoisotopic (exact) mass is 218 g/mol. The van der Waals surface area contributed by atoms with Crippen LogP contribution in [0.3, 0.4) is 0 Å². The molecule has 0 bridgehead atoms. The van der Waals surface area contributed by atoms with Gasteiger partial charge in [-0.1, -0.05) is 6.07 Å². The molecule has 1 aromatic heterocycles. The first-order valence-corrected chi connectivity index (χ1v) is 4.81. The predicted octanol–water partition coefficient (Wildman–Crippen LogP) is 2.90. The van der Waals surface area contributed by atoms with Gasteiger partial charge in [-0.25, -0.2) is 9.37 Å². The van der Waals surface area contributed by atoms with Gasteiger partial charge < -0.3 is 10.5 Å². The summed E-state index contributed by atoms with van der Waals surface area (Å²) in [5.74, 6) is -0.0898. The lowest BCUT2D eigenvalue weighted by molar-refractivity contribution is 0.429. The van der Waals surface area contributed by atoms with Crippen molar-refractivity contribution in [2.45, 2.75) is 6.92 Å². The minimum absolute atomic E-state index is 0.130. The third kappa shape index (κ3) is 2.11. The normalized spacial score (nSPS) is 10.1. The summed E-state index contributed by atoms with van der Waals surface area (Å²) in [5, 5.41) is 0. The number of hydrogen-bond acceptors (Lipinski definition) is 3. The molecule has 0 radical (unpaired) electrons. The highest BCUT2D eigenvalue weighted by atomic mass is 19.1. The van der Waals surface area contributed by atoms with Crippen LogP contribution in [0.1, 0.15) is 5.56 Å². The van der Waals surface area contributed by atoms with Crippen LogP contribution in [-0.4, -0.2) is 4.98 Å². The third-order valence-corrected chi connectivity index (χ3v) is 2.09. The number of benzene rings is 1. The fraction of sp³-hybridized carbons (Fsp3) is 0.0833. The minimum Gasteiger partial charge on any atom is -0.434 e. The molecule has 0 aliphatic carbocycles. The maximum atomic E-state index is 13.4. The molecular formula is C12H11FN2O. The summed E-state index contributed by atoms with van der Waals surface area (Å²) < 4.78 is 18.7. The molecule has 0 saturated heterocycles. The molecule has 0 spiro atoms. The summed E-state index contributed by atoms with van der Waals surface area (Å²) in [5.41, 5.74) is 6.93. The van der Waals surface area contributed by atoms with Gasteiger partial charge in [-0.2, -0.15) is 0 Å². The van der Waals surface area contributed by atoms with Gasteiger partial charge in [0.15, 0.2) is 11.6 Å². The van der Waals surface area contributed by atoms with Gasteiger partial charge in [-0.3, -0.25) is 0 Å². The van der Waals surface area contributed by atoms with Gasteiger partial charge in [0.05, 0.1) is 5.69 Å². The van der Waals surface area contributed by atoms with Crippen molar-refractivity contribution in [3.8, 4) is 11.6 Å². The molecule has 2 rings (SSSR count). The van der Waals surface area contributed by atoms with E-state index in [0.29, 0.717) is 5.69 Å². The van der Waals surface area contributed by atoms with Crippen molar-refractivity contribution in [3.05, 3.63) is 47.9 Å². The Labute approximate surface area is 92.7 Å². The van der Waals surface area contributed by atoms with E-state index in [1.165, 1.54) is 6.07 Å². The number of nitrogens with two attached hydrogens (primary N) is 1. The van der Waals surface area contributed by atoms with Crippen LogP contribution in [0.25, 0.3) is 0 Å². The topological polar surface area (TPSA) is 48.1 Å². The van der Waals surface area contributed by atoms with Crippen LogP contribution in [0.5, 0.6) is 11.6 Å². The Morgan fingerprint density at radius 1 is 1.31 bits per heavy atom. The Morgan fingerprint density at radius 3 is 2.88 bits per heavy atom. The summed E-state index contributed by atoms with van der Waals surface area (Å²) in [6.45, 7) is 1.86. The zero-order valence-corrected chi connectivity index (χ0v) is 8.77. The Morgan fingerprint density at radius 2 is 2.12 bits per heavy atom. The molecule has 1 heterocycles. The molecule has 0 aliphatic rings. The fourth-order valence-corrected chi connectivity index (χ4v) is 1.28. The second kappa shape index (κ2) is 4.18. The highest BCUT2D eigenvalue weighted by molar-refractivity contribution is 5.49. The number of aryl methyl sites for hydroxylation is 1. The Balaban J connectivity index is 2.34. The number of nitrogens with zero attached hydrogens (tertiary/aromatic N) is 1. The van der Waals surface area contributed by atoms with E-state index in [1.807, 2.05) is 6.92 Å². The first kappa shape index (κ1) is 10.4. The van der Waals surface area contributed by atoms with Gasteiger partial charge in [0.25, 0.3) is 0 Å². The van der Waals surface area contributed by atoms with Crippen LogP contribution >= 0.6 is 0 Å². The van der Waals surface area contributed by atoms with Crippen LogP contribution in [0, 0.1) is 12.7 Å². The number of aromatic nitrogens is 1. The van der Waals surface area contributed by atoms with Crippen LogP contribution in [0.2, 0.25) is 0 Å². The lowest BCUT2D eigenvalue weighted by Crippen LogP contribution is -1.96. The molecule has 0 atom stereocenters. The molecule has 1 aromatic carbocycles. The largest absolute Gasteiger partial charge is 0.434 e. The maximum Gasteiger partial charge on any atom is 0.242 e. The van der Waals surface area contributed by atoms with Crippen LogP contribution in [-0.2, 0) is 0 Å². The van der Waals surface area contributed by atoms with Gasteiger partial charge in [0.2, 0.25) is 5.88 Å². The SMILES string of the molecule is Cc1ccc(F)c(Oc2ncccc2N)c1. The number of nitrogen functional groups attached to an aromatic ring is 1. The number of halogens is 1. The van der Waals surface area contributed by atoms with E-state index in [-0.39, 0.29) is 11.6 Å². The summed E-state index contributed by atoms with van der Waals surface area (Å²) >= 11 is 0. The van der Waals surface area contributed by atoms with E-state index in [4.69, 9.17) is 10.5 Å². The lowest BCUT2D eigenvalue weighted by atomic mass is 10.2. The number of pyridine rings is 1. The van der Waals surface area contributed by atoms with Crippen molar-refractivity contribution in [2.24, 2.45) is 0 Å². The summed E-state index contributed by atoms with van der Waals surface area (Å²) in [6, 6.07) is 7.96.